The van der Waals surface area contributed by atoms with Crippen molar-refractivity contribution in [3.05, 3.63) is 54.4 Å². The molecule has 2 aliphatic rings. The van der Waals surface area contributed by atoms with Crippen LogP contribution in [0, 0.1) is 0 Å². The molecule has 0 saturated carbocycles. The van der Waals surface area contributed by atoms with Gasteiger partial charge in [-0.25, -0.2) is 24.1 Å². The van der Waals surface area contributed by atoms with E-state index in [0.29, 0.717) is 28.7 Å². The molecule has 0 aromatic carbocycles. The first-order chi connectivity index (χ1) is 19.8. The van der Waals surface area contributed by atoms with E-state index in [1.165, 1.54) is 24.9 Å². The Labute approximate surface area is 249 Å². The predicted molar refractivity (Wildman–Crippen MR) is 155 cm³/mol. The lowest BCUT2D eigenvalue weighted by atomic mass is 10.0. The summed E-state index contributed by atoms with van der Waals surface area (Å²) < 4.78 is 54.8. The minimum atomic E-state index is -4.17. The third-order valence-corrected chi connectivity index (χ3v) is 9.06. The summed E-state index contributed by atoms with van der Waals surface area (Å²) in [6.45, 7) is -4.82. The topological polar surface area (TPSA) is 226 Å². The molecule has 16 nitrogen and oxygen atoms in total. The van der Waals surface area contributed by atoms with Gasteiger partial charge >= 0.3 is 13.6 Å². The first-order valence-electron chi connectivity index (χ1n) is 12.3. The second kappa shape index (κ2) is 12.3. The van der Waals surface area contributed by atoms with Gasteiger partial charge in [-0.2, -0.15) is 0 Å². The highest BCUT2D eigenvalue weighted by Gasteiger charge is 2.43. The van der Waals surface area contributed by atoms with E-state index >= 15 is 0 Å². The monoisotopic (exact) mass is 659 g/mol. The van der Waals surface area contributed by atoms with Gasteiger partial charge in [0.1, 0.15) is 42.1 Å². The van der Waals surface area contributed by atoms with Gasteiger partial charge in [0.25, 0.3) is 5.91 Å². The lowest BCUT2D eigenvalue weighted by molar-refractivity contribution is -0.0369. The summed E-state index contributed by atoms with van der Waals surface area (Å²) in [5.41, 5.74) is 13.4. The van der Waals surface area contributed by atoms with E-state index in [4.69, 9.17) is 34.5 Å². The number of nitrogens with two attached hydrogens (primary N) is 2. The molecule has 0 aliphatic carbocycles. The van der Waals surface area contributed by atoms with Crippen LogP contribution in [0.1, 0.15) is 41.2 Å². The molecule has 3 aromatic rings. The second-order valence-corrected chi connectivity index (χ2v) is 15.1. The summed E-state index contributed by atoms with van der Waals surface area (Å²) in [7, 11) is 0. The summed E-state index contributed by atoms with van der Waals surface area (Å²) in [6, 6.07) is 3.23. The zero-order valence-corrected chi connectivity index (χ0v) is 25.3. The Balaban J connectivity index is 1.25. The molecule has 42 heavy (non-hydrogen) atoms. The largest absolute Gasteiger partial charge is 0.386 e. The fourth-order valence-electron chi connectivity index (χ4n) is 4.59. The molecule has 7 atom stereocenters. The van der Waals surface area contributed by atoms with E-state index < -0.39 is 56.8 Å². The number of primary amides is 1. The van der Waals surface area contributed by atoms with Crippen LogP contribution in [0.4, 0.5) is 5.82 Å². The molecule has 5 heterocycles. The summed E-state index contributed by atoms with van der Waals surface area (Å²) >= 11 is 7.66. The maximum atomic E-state index is 13.3. The van der Waals surface area contributed by atoms with Crippen LogP contribution in [-0.4, -0.2) is 66.8 Å². The molecule has 2 unspecified atom stereocenters. The maximum Gasteiger partial charge on any atom is 0.386 e. The van der Waals surface area contributed by atoms with E-state index in [9.17, 15) is 18.8 Å². The summed E-state index contributed by atoms with van der Waals surface area (Å²) in [6.07, 6.45) is 0.903. The number of amides is 1. The van der Waals surface area contributed by atoms with E-state index in [0.717, 1.165) is 0 Å². The van der Waals surface area contributed by atoms with Crippen molar-refractivity contribution in [1.29, 1.82) is 0 Å². The molecule has 5 N–H and O–H groups in total. The van der Waals surface area contributed by atoms with Crippen LogP contribution >= 0.6 is 38.1 Å². The van der Waals surface area contributed by atoms with Crippen molar-refractivity contribution >= 4 is 61.0 Å². The van der Waals surface area contributed by atoms with Crippen LogP contribution < -0.4 is 11.5 Å². The van der Waals surface area contributed by atoms with Crippen LogP contribution in [0.15, 0.2) is 43.1 Å². The van der Waals surface area contributed by atoms with Crippen molar-refractivity contribution in [3.63, 3.8) is 0 Å². The van der Waals surface area contributed by atoms with Gasteiger partial charge in [-0.05, 0) is 23.3 Å². The zero-order chi connectivity index (χ0) is 30.2. The van der Waals surface area contributed by atoms with Gasteiger partial charge in [0.15, 0.2) is 11.5 Å². The quantitative estimate of drug-likeness (QED) is 0.113. The number of carbonyl (C=O) groups is 1. The smallest absolute Gasteiger partial charge is 0.382 e. The van der Waals surface area contributed by atoms with E-state index in [-0.39, 0.29) is 24.5 Å². The Bertz CT molecular complexity index is 1610. The highest BCUT2D eigenvalue weighted by molar-refractivity contribution is 8.44. The molecule has 2 saturated heterocycles. The van der Waals surface area contributed by atoms with E-state index in [1.54, 1.807) is 10.6 Å². The summed E-state index contributed by atoms with van der Waals surface area (Å²) in [5.74, 6) is -0.498. The number of imidazole rings is 1. The fraction of sp³-hybridized carbons (Fsp3) is 0.409. The minimum absolute atomic E-state index is 0.0958. The van der Waals surface area contributed by atoms with Crippen LogP contribution in [0.3, 0.4) is 0 Å². The van der Waals surface area contributed by atoms with Gasteiger partial charge in [0.2, 0.25) is 0 Å². The van der Waals surface area contributed by atoms with Crippen LogP contribution in [0.2, 0.25) is 0 Å². The lowest BCUT2D eigenvalue weighted by Gasteiger charge is -2.23. The number of ether oxygens (including phenoxy) is 2. The Morgan fingerprint density at radius 1 is 1.19 bits per heavy atom. The van der Waals surface area contributed by atoms with Gasteiger partial charge < -0.3 is 25.8 Å². The molecule has 3 aromatic heterocycles. The Hall–Kier alpha value is -2.37. The second-order valence-electron chi connectivity index (χ2n) is 9.46. The number of anilines is 1. The molecule has 0 spiro atoms. The molecular weight excluding hydrogens is 632 g/mol. The molecule has 2 fully saturated rings. The standard InChI is InChI=1S/C22H27N7O9P2S2/c1-11-4-14(12-2-3-25-13(5-12)21(24)30)36-16(11)7-35-40(33,42)38-15-6-18(37-17(15)8-34-39(31,32)41)29-10-28-19-20(23)26-9-27-22(19)29/h2-3,5,9-10,14-18H,1,4,6-8H2,(H2,24,30)(H,33,42)(H2,23,26,27)(H2,31,32,41)/t14-,15+,16-,17-,18-,40?/m1/s1. The molecule has 2 aliphatic heterocycles. The highest BCUT2D eigenvalue weighted by atomic mass is 32.7. The van der Waals surface area contributed by atoms with E-state index in [1.807, 2.05) is 0 Å². The number of hydrogen-bond acceptors (Lipinski definition) is 13. The average molecular weight is 660 g/mol. The van der Waals surface area contributed by atoms with Gasteiger partial charge in [0, 0.05) is 19.0 Å². The molecular formula is C22H27N7O9P2S2. The Kier molecular flexibility index (Phi) is 9.11. The van der Waals surface area contributed by atoms with Gasteiger partial charge in [-0.1, -0.05) is 31.1 Å². The number of hydrogen-bond donors (Lipinski definition) is 5. The Morgan fingerprint density at radius 2 is 1.98 bits per heavy atom. The van der Waals surface area contributed by atoms with Crippen molar-refractivity contribution in [1.82, 2.24) is 24.5 Å². The number of nitrogens with zero attached hydrogens (tertiary/aromatic N) is 5. The molecule has 226 valence electrons. The molecule has 5 rings (SSSR count). The van der Waals surface area contributed by atoms with Gasteiger partial charge in [-0.15, -0.1) is 0 Å². The number of pyridine rings is 1. The first-order valence-corrected chi connectivity index (χ1v) is 17.8. The highest BCUT2D eigenvalue weighted by Crippen LogP contribution is 2.57. The minimum Gasteiger partial charge on any atom is -0.382 e. The molecule has 0 radical (unpaired) electrons. The van der Waals surface area contributed by atoms with Gasteiger partial charge in [-0.3, -0.25) is 27.9 Å². The SMILES string of the molecule is C=C1C[C@H](c2ccnc(C(N)=O)c2)O[C@@H]1COP(=O)(S)O[C@H]1C[C@H](n2cnc3c(N)ncnc32)O[C@@H]1COP(=O)(O)S. The van der Waals surface area contributed by atoms with Crippen molar-refractivity contribution in [2.24, 2.45) is 5.73 Å². The molecule has 20 heteroatoms. The number of nitrogen functional groups attached to an aromatic ring is 1. The third-order valence-electron chi connectivity index (χ3n) is 6.58. The maximum absolute atomic E-state index is 13.3. The number of fused-ring (bicyclic) bond motifs is 1. The number of rotatable bonds is 11. The summed E-state index contributed by atoms with van der Waals surface area (Å²) in [4.78, 5) is 37.2. The normalized spacial score (nSPS) is 27.2. The van der Waals surface area contributed by atoms with Crippen LogP contribution in [0.25, 0.3) is 11.2 Å². The molecule has 0 bridgehead atoms. The number of thiol groups is 2. The first kappa shape index (κ1) is 31.1. The zero-order valence-electron chi connectivity index (χ0n) is 21.7. The lowest BCUT2D eigenvalue weighted by Crippen LogP contribution is -2.28. The van der Waals surface area contributed by atoms with Crippen molar-refractivity contribution in [2.45, 2.75) is 43.5 Å². The van der Waals surface area contributed by atoms with E-state index in [2.05, 4.69) is 51.0 Å². The third kappa shape index (κ3) is 7.22. The number of carbonyl (C=O) groups excluding carboxylic acids is 1. The van der Waals surface area contributed by atoms with Crippen molar-refractivity contribution in [2.75, 3.05) is 18.9 Å². The van der Waals surface area contributed by atoms with Crippen LogP contribution in [-0.2, 0) is 32.2 Å². The van der Waals surface area contributed by atoms with Gasteiger partial charge in [0.05, 0.1) is 25.6 Å². The predicted octanol–water partition coefficient (Wildman–Crippen LogP) is 2.76. The average Bonchev–Trinajstić information content (AvgIpc) is 3.63. The van der Waals surface area contributed by atoms with Crippen molar-refractivity contribution in [3.8, 4) is 0 Å². The number of aromatic nitrogens is 5. The summed E-state index contributed by atoms with van der Waals surface area (Å²) in [5, 5.41) is 0. The fourth-order valence-corrected chi connectivity index (χ4v) is 6.65. The molecule has 1 amide bonds. The van der Waals surface area contributed by atoms with Crippen molar-refractivity contribution < 1.29 is 41.9 Å². The van der Waals surface area contributed by atoms with Crippen LogP contribution in [0.5, 0.6) is 0 Å². The Morgan fingerprint density at radius 3 is 2.71 bits per heavy atom.